The van der Waals surface area contributed by atoms with Crippen molar-refractivity contribution in [1.29, 1.82) is 0 Å². The Morgan fingerprint density at radius 3 is 2.72 bits per heavy atom. The SMILES string of the molecule is CC1(C)OC[C@H](Cc2ccccc2)N1C(=O)CBr. The number of hydrogen-bond acceptors (Lipinski definition) is 2. The molecule has 1 atom stereocenters. The predicted molar refractivity (Wildman–Crippen MR) is 74.6 cm³/mol. The van der Waals surface area contributed by atoms with Crippen molar-refractivity contribution in [2.75, 3.05) is 11.9 Å². The molecule has 1 aliphatic heterocycles. The predicted octanol–water partition coefficient (Wildman–Crippen LogP) is 2.59. The van der Waals surface area contributed by atoms with Gasteiger partial charge in [-0.25, -0.2) is 0 Å². The van der Waals surface area contributed by atoms with Gasteiger partial charge in [-0.2, -0.15) is 0 Å². The van der Waals surface area contributed by atoms with Gasteiger partial charge in [0, 0.05) is 0 Å². The van der Waals surface area contributed by atoms with Gasteiger partial charge in [-0.05, 0) is 25.8 Å². The molecule has 0 aromatic heterocycles. The number of carbonyl (C=O) groups excluding carboxylic acids is 1. The second kappa shape index (κ2) is 5.41. The number of halogens is 1. The van der Waals surface area contributed by atoms with Gasteiger partial charge < -0.3 is 9.64 Å². The third kappa shape index (κ3) is 2.75. The Balaban J connectivity index is 2.15. The highest BCUT2D eigenvalue weighted by Crippen LogP contribution is 2.29. The first-order chi connectivity index (χ1) is 8.54. The van der Waals surface area contributed by atoms with E-state index in [0.717, 1.165) is 6.42 Å². The van der Waals surface area contributed by atoms with Crippen molar-refractivity contribution < 1.29 is 9.53 Å². The van der Waals surface area contributed by atoms with Crippen LogP contribution in [0.15, 0.2) is 30.3 Å². The summed E-state index contributed by atoms with van der Waals surface area (Å²) in [6, 6.07) is 10.3. The molecular formula is C14H18BrNO2. The Bertz CT molecular complexity index is 419. The van der Waals surface area contributed by atoms with Crippen molar-refractivity contribution in [1.82, 2.24) is 4.90 Å². The number of amides is 1. The standard InChI is InChI=1S/C14H18BrNO2/c1-14(2)16(13(17)9-15)12(10-18-14)8-11-6-4-3-5-7-11/h3-7,12H,8-10H2,1-2H3/t12-/m0/s1. The summed E-state index contributed by atoms with van der Waals surface area (Å²) in [5.74, 6) is 0.0819. The highest BCUT2D eigenvalue weighted by Gasteiger charge is 2.42. The van der Waals surface area contributed by atoms with E-state index in [-0.39, 0.29) is 11.9 Å². The van der Waals surface area contributed by atoms with Crippen LogP contribution in [0.25, 0.3) is 0 Å². The van der Waals surface area contributed by atoms with Crippen molar-refractivity contribution in [2.24, 2.45) is 0 Å². The van der Waals surface area contributed by atoms with Gasteiger partial charge >= 0.3 is 0 Å². The molecule has 1 saturated heterocycles. The minimum absolute atomic E-state index is 0.0819. The third-order valence-corrected chi connectivity index (χ3v) is 3.75. The molecule has 0 aliphatic carbocycles. The van der Waals surface area contributed by atoms with Crippen LogP contribution < -0.4 is 0 Å². The Hall–Kier alpha value is -0.870. The quantitative estimate of drug-likeness (QED) is 0.803. The molecule has 1 fully saturated rings. The molecule has 0 radical (unpaired) electrons. The molecule has 1 aliphatic rings. The number of carbonyl (C=O) groups is 1. The smallest absolute Gasteiger partial charge is 0.235 e. The normalized spacial score (nSPS) is 22.2. The molecule has 98 valence electrons. The molecule has 0 bridgehead atoms. The zero-order valence-electron chi connectivity index (χ0n) is 10.7. The lowest BCUT2D eigenvalue weighted by atomic mass is 10.0. The molecule has 0 saturated carbocycles. The number of hydrogen-bond donors (Lipinski definition) is 0. The average molecular weight is 312 g/mol. The van der Waals surface area contributed by atoms with Gasteiger partial charge in [0.1, 0.15) is 5.72 Å². The number of alkyl halides is 1. The first-order valence-electron chi connectivity index (χ1n) is 6.10. The van der Waals surface area contributed by atoms with Crippen LogP contribution in [0, 0.1) is 0 Å². The largest absolute Gasteiger partial charge is 0.354 e. The van der Waals surface area contributed by atoms with Crippen molar-refractivity contribution in [3.63, 3.8) is 0 Å². The van der Waals surface area contributed by atoms with Gasteiger partial charge in [0.25, 0.3) is 0 Å². The molecular weight excluding hydrogens is 294 g/mol. The zero-order valence-corrected chi connectivity index (χ0v) is 12.3. The number of benzene rings is 1. The third-order valence-electron chi connectivity index (χ3n) is 3.27. The van der Waals surface area contributed by atoms with Gasteiger partial charge in [-0.1, -0.05) is 46.3 Å². The number of rotatable bonds is 3. The number of ether oxygens (including phenoxy) is 1. The molecule has 0 spiro atoms. The minimum Gasteiger partial charge on any atom is -0.354 e. The van der Waals surface area contributed by atoms with Crippen LogP contribution in [0.4, 0.5) is 0 Å². The first kappa shape index (κ1) is 13.6. The van der Waals surface area contributed by atoms with Crippen LogP contribution >= 0.6 is 15.9 Å². The van der Waals surface area contributed by atoms with Crippen LogP contribution in [0.3, 0.4) is 0 Å². The van der Waals surface area contributed by atoms with E-state index in [1.807, 2.05) is 36.9 Å². The molecule has 3 nitrogen and oxygen atoms in total. The highest BCUT2D eigenvalue weighted by atomic mass is 79.9. The monoisotopic (exact) mass is 311 g/mol. The van der Waals surface area contributed by atoms with Crippen LogP contribution in [0.2, 0.25) is 0 Å². The van der Waals surface area contributed by atoms with E-state index in [2.05, 4.69) is 28.1 Å². The van der Waals surface area contributed by atoms with E-state index < -0.39 is 5.72 Å². The Kier molecular flexibility index (Phi) is 4.07. The minimum atomic E-state index is -0.510. The molecule has 18 heavy (non-hydrogen) atoms. The summed E-state index contributed by atoms with van der Waals surface area (Å²) in [7, 11) is 0. The Morgan fingerprint density at radius 1 is 1.44 bits per heavy atom. The summed E-state index contributed by atoms with van der Waals surface area (Å²) >= 11 is 3.24. The molecule has 1 aromatic carbocycles. The van der Waals surface area contributed by atoms with E-state index in [0.29, 0.717) is 11.9 Å². The highest BCUT2D eigenvalue weighted by molar-refractivity contribution is 9.09. The van der Waals surface area contributed by atoms with Gasteiger partial charge in [-0.3, -0.25) is 4.79 Å². The van der Waals surface area contributed by atoms with Crippen LogP contribution in [-0.4, -0.2) is 34.5 Å². The van der Waals surface area contributed by atoms with E-state index in [1.165, 1.54) is 5.56 Å². The lowest BCUT2D eigenvalue weighted by Crippen LogP contribution is -2.49. The van der Waals surface area contributed by atoms with Gasteiger partial charge in [0.15, 0.2) is 0 Å². The summed E-state index contributed by atoms with van der Waals surface area (Å²) < 4.78 is 5.74. The lowest BCUT2D eigenvalue weighted by Gasteiger charge is -2.33. The summed E-state index contributed by atoms with van der Waals surface area (Å²) in [4.78, 5) is 13.9. The van der Waals surface area contributed by atoms with Crippen molar-refractivity contribution in [3.05, 3.63) is 35.9 Å². The molecule has 0 N–H and O–H groups in total. The Labute approximate surface area is 116 Å². The fraction of sp³-hybridized carbons (Fsp3) is 0.500. The van der Waals surface area contributed by atoms with Crippen LogP contribution in [0.1, 0.15) is 19.4 Å². The average Bonchev–Trinajstić information content (AvgIpc) is 2.65. The lowest BCUT2D eigenvalue weighted by molar-refractivity contribution is -0.142. The van der Waals surface area contributed by atoms with Gasteiger partial charge in [0.05, 0.1) is 18.0 Å². The van der Waals surface area contributed by atoms with Crippen molar-refractivity contribution in [3.8, 4) is 0 Å². The fourth-order valence-corrected chi connectivity index (χ4v) is 2.76. The molecule has 4 heteroatoms. The second-order valence-corrected chi connectivity index (χ2v) is 5.56. The fourth-order valence-electron chi connectivity index (χ4n) is 2.49. The maximum atomic E-state index is 12.0. The summed E-state index contributed by atoms with van der Waals surface area (Å²) in [5.41, 5.74) is 0.723. The van der Waals surface area contributed by atoms with Crippen LogP contribution in [0.5, 0.6) is 0 Å². The van der Waals surface area contributed by atoms with Crippen molar-refractivity contribution in [2.45, 2.75) is 32.0 Å². The van der Waals surface area contributed by atoms with E-state index >= 15 is 0 Å². The summed E-state index contributed by atoms with van der Waals surface area (Å²) in [6.07, 6.45) is 0.836. The number of nitrogens with zero attached hydrogens (tertiary/aromatic N) is 1. The maximum Gasteiger partial charge on any atom is 0.235 e. The molecule has 1 amide bonds. The summed E-state index contributed by atoms with van der Waals surface area (Å²) in [6.45, 7) is 4.48. The van der Waals surface area contributed by atoms with E-state index in [9.17, 15) is 4.79 Å². The molecule has 2 rings (SSSR count). The van der Waals surface area contributed by atoms with Gasteiger partial charge in [-0.15, -0.1) is 0 Å². The van der Waals surface area contributed by atoms with E-state index in [4.69, 9.17) is 4.74 Å². The first-order valence-corrected chi connectivity index (χ1v) is 7.23. The Morgan fingerprint density at radius 2 is 2.11 bits per heavy atom. The zero-order chi connectivity index (χ0) is 13.2. The van der Waals surface area contributed by atoms with Crippen molar-refractivity contribution >= 4 is 21.8 Å². The van der Waals surface area contributed by atoms with Gasteiger partial charge in [0.2, 0.25) is 5.91 Å². The topological polar surface area (TPSA) is 29.5 Å². The molecule has 1 heterocycles. The summed E-state index contributed by atoms with van der Waals surface area (Å²) in [5, 5.41) is 0.338. The second-order valence-electron chi connectivity index (χ2n) is 5.00. The molecule has 1 aromatic rings. The molecule has 0 unspecified atom stereocenters. The van der Waals surface area contributed by atoms with E-state index in [1.54, 1.807) is 0 Å². The van der Waals surface area contributed by atoms with Crippen LogP contribution in [-0.2, 0) is 16.0 Å². The maximum absolute atomic E-state index is 12.0.